The molecule has 0 aliphatic carbocycles. The third kappa shape index (κ3) is 5.34. The Kier molecular flexibility index (Phi) is 7.12. The van der Waals surface area contributed by atoms with Gasteiger partial charge in [-0.15, -0.1) is 0 Å². The van der Waals surface area contributed by atoms with Crippen molar-refractivity contribution >= 4 is 17.7 Å². The first-order valence-corrected chi connectivity index (χ1v) is 10.4. The SMILES string of the molecule is CSCc1ccc(C(=O)N[C@@H](CN2CCOCC2)c2ccccc2)cc1. The Balaban J connectivity index is 1.70. The smallest absolute Gasteiger partial charge is 0.251 e. The van der Waals surface area contributed by atoms with Crippen LogP contribution in [0.15, 0.2) is 54.6 Å². The minimum Gasteiger partial charge on any atom is -0.379 e. The highest BCUT2D eigenvalue weighted by molar-refractivity contribution is 7.97. The summed E-state index contributed by atoms with van der Waals surface area (Å²) >= 11 is 1.78. The quantitative estimate of drug-likeness (QED) is 0.812. The molecule has 1 aliphatic heterocycles. The lowest BCUT2D eigenvalue weighted by molar-refractivity contribution is 0.0332. The molecule has 2 aromatic carbocycles. The van der Waals surface area contributed by atoms with Crippen molar-refractivity contribution in [2.24, 2.45) is 0 Å². The molecule has 4 nitrogen and oxygen atoms in total. The lowest BCUT2D eigenvalue weighted by Crippen LogP contribution is -2.43. The van der Waals surface area contributed by atoms with Crippen molar-refractivity contribution in [3.63, 3.8) is 0 Å². The Bertz CT molecular complexity index is 685. The molecule has 1 fully saturated rings. The van der Waals surface area contributed by atoms with Crippen LogP contribution in [0.3, 0.4) is 0 Å². The average Bonchev–Trinajstić information content (AvgIpc) is 2.70. The molecule has 0 aromatic heterocycles. The maximum Gasteiger partial charge on any atom is 0.251 e. The van der Waals surface area contributed by atoms with Gasteiger partial charge in [-0.25, -0.2) is 0 Å². The number of nitrogens with zero attached hydrogens (tertiary/aromatic N) is 1. The number of thioether (sulfide) groups is 1. The van der Waals surface area contributed by atoms with Gasteiger partial charge in [0.2, 0.25) is 0 Å². The zero-order chi connectivity index (χ0) is 18.2. The maximum absolute atomic E-state index is 12.8. The summed E-state index contributed by atoms with van der Waals surface area (Å²) in [6, 6.07) is 18.1. The van der Waals surface area contributed by atoms with Gasteiger partial charge in [-0.2, -0.15) is 11.8 Å². The molecule has 1 aliphatic rings. The molecular weight excluding hydrogens is 344 g/mol. The van der Waals surface area contributed by atoms with E-state index in [-0.39, 0.29) is 11.9 Å². The summed E-state index contributed by atoms with van der Waals surface area (Å²) in [5, 5.41) is 3.22. The lowest BCUT2D eigenvalue weighted by Gasteiger charge is -2.31. The molecule has 1 saturated heterocycles. The van der Waals surface area contributed by atoms with Gasteiger partial charge in [0, 0.05) is 31.0 Å². The second kappa shape index (κ2) is 9.76. The highest BCUT2D eigenvalue weighted by Crippen LogP contribution is 2.17. The van der Waals surface area contributed by atoms with Gasteiger partial charge < -0.3 is 10.1 Å². The average molecular weight is 371 g/mol. The van der Waals surface area contributed by atoms with E-state index in [1.165, 1.54) is 5.56 Å². The summed E-state index contributed by atoms with van der Waals surface area (Å²) in [5.74, 6) is 0.939. The standard InChI is InChI=1S/C21H26N2O2S/c1-26-16-17-7-9-19(10-8-17)21(24)22-20(18-5-3-2-4-6-18)15-23-11-13-25-14-12-23/h2-10,20H,11-16H2,1H3,(H,22,24)/t20-/m0/s1. The van der Waals surface area contributed by atoms with Crippen LogP contribution < -0.4 is 5.32 Å². The number of nitrogens with one attached hydrogen (secondary N) is 1. The van der Waals surface area contributed by atoms with E-state index < -0.39 is 0 Å². The fourth-order valence-corrected chi connectivity index (χ4v) is 3.65. The van der Waals surface area contributed by atoms with Crippen LogP contribution in [0.2, 0.25) is 0 Å². The molecule has 138 valence electrons. The van der Waals surface area contributed by atoms with Gasteiger partial charge in [0.05, 0.1) is 19.3 Å². The number of hydrogen-bond acceptors (Lipinski definition) is 4. The van der Waals surface area contributed by atoms with Gasteiger partial charge in [-0.1, -0.05) is 42.5 Å². The molecule has 0 bridgehead atoms. The summed E-state index contributed by atoms with van der Waals surface area (Å²) in [4.78, 5) is 15.1. The Labute approximate surface area is 159 Å². The summed E-state index contributed by atoms with van der Waals surface area (Å²) in [5.41, 5.74) is 3.08. The van der Waals surface area contributed by atoms with Crippen LogP contribution in [-0.4, -0.2) is 49.9 Å². The highest BCUT2D eigenvalue weighted by Gasteiger charge is 2.20. The van der Waals surface area contributed by atoms with Crippen LogP contribution in [0.1, 0.15) is 27.5 Å². The molecule has 3 rings (SSSR count). The van der Waals surface area contributed by atoms with Crippen molar-refractivity contribution in [1.29, 1.82) is 0 Å². The summed E-state index contributed by atoms with van der Waals surface area (Å²) in [6.07, 6.45) is 2.08. The number of benzene rings is 2. The zero-order valence-corrected chi connectivity index (χ0v) is 16.0. The first-order valence-electron chi connectivity index (χ1n) is 9.00. The summed E-state index contributed by atoms with van der Waals surface area (Å²) in [6.45, 7) is 4.12. The Morgan fingerprint density at radius 1 is 1.12 bits per heavy atom. The minimum absolute atomic E-state index is 0.0252. The van der Waals surface area contributed by atoms with Crippen molar-refractivity contribution in [2.75, 3.05) is 39.1 Å². The Morgan fingerprint density at radius 2 is 1.81 bits per heavy atom. The maximum atomic E-state index is 12.8. The van der Waals surface area contributed by atoms with Crippen molar-refractivity contribution in [2.45, 2.75) is 11.8 Å². The summed E-state index contributed by atoms with van der Waals surface area (Å²) < 4.78 is 5.44. The lowest BCUT2D eigenvalue weighted by atomic mass is 10.0. The zero-order valence-electron chi connectivity index (χ0n) is 15.2. The third-order valence-electron chi connectivity index (χ3n) is 4.58. The summed E-state index contributed by atoms with van der Waals surface area (Å²) in [7, 11) is 0. The first kappa shape index (κ1) is 19.0. The van der Waals surface area contributed by atoms with E-state index in [1.54, 1.807) is 11.8 Å². The number of morpholine rings is 1. The van der Waals surface area contributed by atoms with Crippen molar-refractivity contribution in [1.82, 2.24) is 10.2 Å². The van der Waals surface area contributed by atoms with Crippen molar-refractivity contribution in [3.8, 4) is 0 Å². The van der Waals surface area contributed by atoms with Crippen LogP contribution in [-0.2, 0) is 10.5 Å². The highest BCUT2D eigenvalue weighted by atomic mass is 32.2. The fraction of sp³-hybridized carbons (Fsp3) is 0.381. The van der Waals surface area contributed by atoms with Gasteiger partial charge in [-0.05, 0) is 29.5 Å². The number of carbonyl (C=O) groups excluding carboxylic acids is 1. The second-order valence-electron chi connectivity index (χ2n) is 6.48. The van der Waals surface area contributed by atoms with E-state index >= 15 is 0 Å². The molecule has 2 aromatic rings. The molecular formula is C21H26N2O2S. The predicted molar refractivity (Wildman–Crippen MR) is 108 cm³/mol. The van der Waals surface area contributed by atoms with Gasteiger partial charge in [0.1, 0.15) is 0 Å². The molecule has 0 unspecified atom stereocenters. The van der Waals surface area contributed by atoms with E-state index in [2.05, 4.69) is 28.6 Å². The van der Waals surface area contributed by atoms with E-state index in [0.717, 1.165) is 44.2 Å². The van der Waals surface area contributed by atoms with Gasteiger partial charge in [-0.3, -0.25) is 9.69 Å². The van der Waals surface area contributed by atoms with Crippen LogP contribution in [0, 0.1) is 0 Å². The first-order chi connectivity index (χ1) is 12.8. The van der Waals surface area contributed by atoms with Crippen LogP contribution >= 0.6 is 11.8 Å². The topological polar surface area (TPSA) is 41.6 Å². The normalized spacial score (nSPS) is 16.2. The number of carbonyl (C=O) groups is 1. The molecule has 5 heteroatoms. The molecule has 1 amide bonds. The van der Waals surface area contributed by atoms with Gasteiger partial charge >= 0.3 is 0 Å². The number of amides is 1. The van der Waals surface area contributed by atoms with Crippen LogP contribution in [0.5, 0.6) is 0 Å². The second-order valence-corrected chi connectivity index (χ2v) is 7.35. The Morgan fingerprint density at radius 3 is 2.46 bits per heavy atom. The van der Waals surface area contributed by atoms with Crippen molar-refractivity contribution in [3.05, 3.63) is 71.3 Å². The van der Waals surface area contributed by atoms with Crippen LogP contribution in [0.4, 0.5) is 0 Å². The monoisotopic (exact) mass is 370 g/mol. The molecule has 1 N–H and O–H groups in total. The molecule has 0 spiro atoms. The number of ether oxygens (including phenoxy) is 1. The van der Waals surface area contributed by atoms with E-state index in [0.29, 0.717) is 5.56 Å². The third-order valence-corrected chi connectivity index (χ3v) is 5.20. The van der Waals surface area contributed by atoms with Crippen molar-refractivity contribution < 1.29 is 9.53 Å². The fourth-order valence-electron chi connectivity index (χ4n) is 3.12. The van der Waals surface area contributed by atoms with E-state index in [4.69, 9.17) is 4.74 Å². The number of hydrogen-bond donors (Lipinski definition) is 1. The van der Waals surface area contributed by atoms with E-state index in [1.807, 2.05) is 42.5 Å². The molecule has 26 heavy (non-hydrogen) atoms. The molecule has 0 saturated carbocycles. The number of rotatable bonds is 7. The van der Waals surface area contributed by atoms with Gasteiger partial charge in [0.25, 0.3) is 5.91 Å². The van der Waals surface area contributed by atoms with Crippen LogP contribution in [0.25, 0.3) is 0 Å². The van der Waals surface area contributed by atoms with E-state index in [9.17, 15) is 4.79 Å². The molecule has 1 atom stereocenters. The van der Waals surface area contributed by atoms with Gasteiger partial charge in [0.15, 0.2) is 0 Å². The molecule has 0 radical (unpaired) electrons. The Hall–Kier alpha value is -1.82. The molecule has 1 heterocycles. The minimum atomic E-state index is -0.0346. The largest absolute Gasteiger partial charge is 0.379 e. The predicted octanol–water partition coefficient (Wildman–Crippen LogP) is 3.35.